The SMILES string of the molecule is COCCOc1ccc2c(c1)[nH]c1c(C(N)=O)ncc(-c3cccc(N4Cc5ccc(Cl)cc5C4=O)c3C)c12. The minimum absolute atomic E-state index is 0.0896. The molecule has 9 heteroatoms. The van der Waals surface area contributed by atoms with Crippen molar-refractivity contribution in [3.63, 3.8) is 0 Å². The van der Waals surface area contributed by atoms with Crippen molar-refractivity contribution in [2.75, 3.05) is 25.2 Å². The maximum absolute atomic E-state index is 13.3. The molecule has 0 saturated heterocycles. The van der Waals surface area contributed by atoms with E-state index >= 15 is 0 Å². The smallest absolute Gasteiger partial charge is 0.269 e. The van der Waals surface area contributed by atoms with E-state index in [9.17, 15) is 9.59 Å². The van der Waals surface area contributed by atoms with Gasteiger partial charge in [-0.2, -0.15) is 0 Å². The summed E-state index contributed by atoms with van der Waals surface area (Å²) in [6, 6.07) is 17.0. The molecule has 2 aromatic heterocycles. The van der Waals surface area contributed by atoms with E-state index in [0.29, 0.717) is 41.6 Å². The van der Waals surface area contributed by atoms with Crippen LogP contribution >= 0.6 is 11.6 Å². The predicted molar refractivity (Wildman–Crippen MR) is 152 cm³/mol. The minimum Gasteiger partial charge on any atom is -0.491 e. The molecule has 0 unspecified atom stereocenters. The number of H-pyrrole nitrogens is 1. The number of nitrogens with zero attached hydrogens (tertiary/aromatic N) is 2. The number of anilines is 1. The molecule has 2 amide bonds. The third-order valence-electron chi connectivity index (χ3n) is 7.15. The van der Waals surface area contributed by atoms with Crippen LogP contribution in [0.5, 0.6) is 5.75 Å². The van der Waals surface area contributed by atoms with Crippen LogP contribution in [0.1, 0.15) is 32.0 Å². The topological polar surface area (TPSA) is 111 Å². The van der Waals surface area contributed by atoms with Crippen LogP contribution < -0.4 is 15.4 Å². The molecule has 196 valence electrons. The monoisotopic (exact) mass is 540 g/mol. The van der Waals surface area contributed by atoms with E-state index in [1.807, 2.05) is 49.4 Å². The molecule has 0 atom stereocenters. The fourth-order valence-corrected chi connectivity index (χ4v) is 5.46. The lowest BCUT2D eigenvalue weighted by Gasteiger charge is -2.21. The number of carbonyl (C=O) groups excluding carboxylic acids is 2. The Hall–Kier alpha value is -4.40. The fraction of sp³-hybridized carbons (Fsp3) is 0.167. The second kappa shape index (κ2) is 9.72. The summed E-state index contributed by atoms with van der Waals surface area (Å²) in [6.07, 6.45) is 1.67. The molecule has 0 bridgehead atoms. The number of hydrogen-bond acceptors (Lipinski definition) is 5. The Morgan fingerprint density at radius 3 is 2.74 bits per heavy atom. The van der Waals surface area contributed by atoms with E-state index in [-0.39, 0.29) is 11.6 Å². The lowest BCUT2D eigenvalue weighted by molar-refractivity contribution is 0.0988. The molecule has 0 saturated carbocycles. The van der Waals surface area contributed by atoms with Crippen molar-refractivity contribution >= 4 is 50.9 Å². The molecular weight excluding hydrogens is 516 g/mol. The number of halogens is 1. The lowest BCUT2D eigenvalue weighted by atomic mass is 9.95. The zero-order valence-electron chi connectivity index (χ0n) is 21.4. The number of methoxy groups -OCH3 is 1. The van der Waals surface area contributed by atoms with Gasteiger partial charge in [0.2, 0.25) is 0 Å². The van der Waals surface area contributed by atoms with Gasteiger partial charge in [-0.3, -0.25) is 9.59 Å². The predicted octanol–water partition coefficient (Wildman–Crippen LogP) is 5.63. The minimum atomic E-state index is -0.626. The summed E-state index contributed by atoms with van der Waals surface area (Å²) in [5.41, 5.74) is 12.1. The van der Waals surface area contributed by atoms with E-state index in [1.54, 1.807) is 30.3 Å². The summed E-state index contributed by atoms with van der Waals surface area (Å²) in [5, 5.41) is 2.25. The Kier molecular flexibility index (Phi) is 6.21. The van der Waals surface area contributed by atoms with E-state index in [0.717, 1.165) is 44.2 Å². The van der Waals surface area contributed by atoms with Crippen molar-refractivity contribution in [1.82, 2.24) is 9.97 Å². The maximum atomic E-state index is 13.3. The Balaban J connectivity index is 1.49. The maximum Gasteiger partial charge on any atom is 0.269 e. The molecule has 0 fully saturated rings. The highest BCUT2D eigenvalue weighted by atomic mass is 35.5. The van der Waals surface area contributed by atoms with Gasteiger partial charge in [0.1, 0.15) is 12.4 Å². The summed E-state index contributed by atoms with van der Waals surface area (Å²) in [7, 11) is 1.62. The normalized spacial score (nSPS) is 12.9. The number of amides is 2. The van der Waals surface area contributed by atoms with Gasteiger partial charge in [-0.1, -0.05) is 29.8 Å². The number of hydrogen-bond donors (Lipinski definition) is 2. The van der Waals surface area contributed by atoms with Crippen LogP contribution in [0.15, 0.2) is 60.8 Å². The van der Waals surface area contributed by atoms with Crippen LogP contribution in [-0.2, 0) is 11.3 Å². The molecule has 0 aliphatic carbocycles. The molecule has 1 aliphatic rings. The quantitative estimate of drug-likeness (QED) is 0.260. The zero-order valence-corrected chi connectivity index (χ0v) is 22.1. The number of primary amides is 1. The van der Waals surface area contributed by atoms with Crippen LogP contribution in [0.4, 0.5) is 5.69 Å². The number of carbonyl (C=O) groups is 2. The second-order valence-electron chi connectivity index (χ2n) is 9.45. The molecule has 5 aromatic rings. The highest BCUT2D eigenvalue weighted by Gasteiger charge is 2.30. The largest absolute Gasteiger partial charge is 0.491 e. The first-order valence-corrected chi connectivity index (χ1v) is 12.8. The summed E-state index contributed by atoms with van der Waals surface area (Å²) in [5.74, 6) is -0.0425. The summed E-state index contributed by atoms with van der Waals surface area (Å²) in [4.78, 5) is 35.1. The molecule has 3 heterocycles. The first-order chi connectivity index (χ1) is 18.9. The van der Waals surface area contributed by atoms with Gasteiger partial charge < -0.3 is 25.1 Å². The van der Waals surface area contributed by atoms with Gasteiger partial charge in [-0.15, -0.1) is 0 Å². The fourth-order valence-electron chi connectivity index (χ4n) is 5.29. The molecule has 3 aromatic carbocycles. The summed E-state index contributed by atoms with van der Waals surface area (Å²) in [6.45, 7) is 3.33. The van der Waals surface area contributed by atoms with Crippen LogP contribution in [0.2, 0.25) is 5.02 Å². The van der Waals surface area contributed by atoms with Crippen molar-refractivity contribution in [3.8, 4) is 16.9 Å². The standard InChI is InChI=1S/C30H25ClN4O4/c1-16-20(4-3-5-25(16)35-15-17-6-7-18(31)12-22(17)30(35)37)23-14-33-28(29(32)36)27-26(23)21-9-8-19(13-24(21)34-27)39-11-10-38-2/h3-9,12-14,34H,10-11,15H2,1-2H3,(H2,32,36). The van der Waals surface area contributed by atoms with Gasteiger partial charge in [0.05, 0.1) is 24.2 Å². The molecule has 0 radical (unpaired) electrons. The molecule has 8 nitrogen and oxygen atoms in total. The van der Waals surface area contributed by atoms with Gasteiger partial charge in [0.15, 0.2) is 5.69 Å². The Bertz CT molecular complexity index is 1800. The molecule has 1 aliphatic heterocycles. The molecule has 39 heavy (non-hydrogen) atoms. The number of benzene rings is 3. The van der Waals surface area contributed by atoms with Crippen molar-refractivity contribution in [2.24, 2.45) is 5.73 Å². The van der Waals surface area contributed by atoms with Gasteiger partial charge in [-0.25, -0.2) is 4.98 Å². The Morgan fingerprint density at radius 1 is 1.10 bits per heavy atom. The van der Waals surface area contributed by atoms with Gasteiger partial charge in [0, 0.05) is 52.0 Å². The van der Waals surface area contributed by atoms with Crippen LogP contribution in [0.3, 0.4) is 0 Å². The number of ether oxygens (including phenoxy) is 2. The first-order valence-electron chi connectivity index (χ1n) is 12.4. The average molecular weight is 541 g/mol. The number of fused-ring (bicyclic) bond motifs is 4. The highest BCUT2D eigenvalue weighted by Crippen LogP contribution is 2.41. The molecule has 3 N–H and O–H groups in total. The average Bonchev–Trinajstić information content (AvgIpc) is 3.46. The van der Waals surface area contributed by atoms with Gasteiger partial charge >= 0.3 is 0 Å². The summed E-state index contributed by atoms with van der Waals surface area (Å²) >= 11 is 6.16. The number of nitrogens with one attached hydrogen (secondary N) is 1. The molecule has 0 spiro atoms. The molecular formula is C30H25ClN4O4. The third kappa shape index (κ3) is 4.18. The highest BCUT2D eigenvalue weighted by molar-refractivity contribution is 6.31. The van der Waals surface area contributed by atoms with Crippen molar-refractivity contribution in [3.05, 3.63) is 88.2 Å². The van der Waals surface area contributed by atoms with Crippen molar-refractivity contribution in [2.45, 2.75) is 13.5 Å². The van der Waals surface area contributed by atoms with E-state index in [2.05, 4.69) is 9.97 Å². The zero-order chi connectivity index (χ0) is 27.3. The van der Waals surface area contributed by atoms with E-state index < -0.39 is 5.91 Å². The van der Waals surface area contributed by atoms with Gasteiger partial charge in [0.25, 0.3) is 11.8 Å². The second-order valence-corrected chi connectivity index (χ2v) is 9.89. The van der Waals surface area contributed by atoms with Gasteiger partial charge in [-0.05, 0) is 53.9 Å². The lowest BCUT2D eigenvalue weighted by Crippen LogP contribution is -2.24. The van der Waals surface area contributed by atoms with E-state index in [4.69, 9.17) is 26.8 Å². The summed E-state index contributed by atoms with van der Waals surface area (Å²) < 4.78 is 10.9. The number of rotatable bonds is 7. The first kappa shape index (κ1) is 24.9. The number of pyridine rings is 1. The Labute approximate surface area is 229 Å². The Morgan fingerprint density at radius 2 is 1.95 bits per heavy atom. The van der Waals surface area contributed by atoms with Crippen molar-refractivity contribution < 1.29 is 19.1 Å². The van der Waals surface area contributed by atoms with Crippen molar-refractivity contribution in [1.29, 1.82) is 0 Å². The number of aromatic amines is 1. The van der Waals surface area contributed by atoms with Crippen LogP contribution in [0, 0.1) is 6.92 Å². The van der Waals surface area contributed by atoms with E-state index in [1.165, 1.54) is 0 Å². The van der Waals surface area contributed by atoms with Crippen LogP contribution in [-0.4, -0.2) is 42.1 Å². The van der Waals surface area contributed by atoms with Crippen LogP contribution in [0.25, 0.3) is 32.9 Å². The molecule has 6 rings (SSSR count). The third-order valence-corrected chi connectivity index (χ3v) is 7.39. The number of aromatic nitrogens is 2. The number of nitrogens with two attached hydrogens (primary N) is 1.